The van der Waals surface area contributed by atoms with Crippen molar-refractivity contribution < 1.29 is 17.9 Å². The second-order valence-electron chi connectivity index (χ2n) is 2.69. The first kappa shape index (κ1) is 11.3. The van der Waals surface area contributed by atoms with Crippen LogP contribution in [-0.4, -0.2) is 12.1 Å². The lowest BCUT2D eigenvalue weighted by Crippen LogP contribution is -2.09. The fourth-order valence-corrected chi connectivity index (χ4v) is 1.03. The number of nitriles is 1. The van der Waals surface area contributed by atoms with Crippen LogP contribution in [0, 0.1) is 11.3 Å². The van der Waals surface area contributed by atoms with Crippen LogP contribution in [0.3, 0.4) is 0 Å². The Balaban J connectivity index is 3.16. The number of aromatic nitrogens is 1. The van der Waals surface area contributed by atoms with Crippen LogP contribution in [-0.2, 0) is 12.6 Å². The highest BCUT2D eigenvalue weighted by Crippen LogP contribution is 2.34. The van der Waals surface area contributed by atoms with Crippen molar-refractivity contribution in [3.8, 4) is 11.9 Å². The second-order valence-corrected chi connectivity index (χ2v) is 2.69. The molecule has 0 fully saturated rings. The number of halogens is 3. The van der Waals surface area contributed by atoms with Gasteiger partial charge in [0.05, 0.1) is 25.3 Å². The summed E-state index contributed by atoms with van der Waals surface area (Å²) in [6.07, 6.45) is -4.54. The molecule has 0 spiro atoms. The highest BCUT2D eigenvalue weighted by atomic mass is 19.4. The van der Waals surface area contributed by atoms with E-state index in [0.717, 1.165) is 19.2 Å². The lowest BCUT2D eigenvalue weighted by molar-refractivity contribution is -0.139. The number of hydrogen-bond acceptors (Lipinski definition) is 3. The van der Waals surface area contributed by atoms with E-state index in [9.17, 15) is 13.2 Å². The van der Waals surface area contributed by atoms with Crippen LogP contribution < -0.4 is 4.74 Å². The van der Waals surface area contributed by atoms with Gasteiger partial charge in [-0.2, -0.15) is 18.4 Å². The zero-order valence-corrected chi connectivity index (χ0v) is 7.80. The van der Waals surface area contributed by atoms with Crippen LogP contribution in [0.4, 0.5) is 13.2 Å². The molecule has 0 unspecified atom stereocenters. The van der Waals surface area contributed by atoms with Crippen molar-refractivity contribution in [2.75, 3.05) is 7.11 Å². The van der Waals surface area contributed by atoms with Crippen LogP contribution in [0.15, 0.2) is 12.1 Å². The van der Waals surface area contributed by atoms with Gasteiger partial charge < -0.3 is 4.74 Å². The molecule has 0 atom stereocenters. The summed E-state index contributed by atoms with van der Waals surface area (Å²) in [7, 11) is 1.10. The summed E-state index contributed by atoms with van der Waals surface area (Å²) in [5.74, 6) is -0.504. The standard InChI is InChI=1S/C9H7F3N2O/c1-15-8-7(9(10,11)12)3-2-6(14-8)4-5-13/h2-3H,4H2,1H3. The van der Waals surface area contributed by atoms with Crippen LogP contribution in [0.2, 0.25) is 0 Å². The average molecular weight is 216 g/mol. The van der Waals surface area contributed by atoms with Gasteiger partial charge in [-0.1, -0.05) is 0 Å². The largest absolute Gasteiger partial charge is 0.481 e. The van der Waals surface area contributed by atoms with Gasteiger partial charge >= 0.3 is 6.18 Å². The van der Waals surface area contributed by atoms with Crippen LogP contribution in [0.1, 0.15) is 11.3 Å². The molecule has 0 saturated carbocycles. The zero-order valence-electron chi connectivity index (χ0n) is 7.80. The fraction of sp³-hybridized carbons (Fsp3) is 0.333. The van der Waals surface area contributed by atoms with E-state index >= 15 is 0 Å². The van der Waals surface area contributed by atoms with Crippen molar-refractivity contribution >= 4 is 0 Å². The molecule has 80 valence electrons. The van der Waals surface area contributed by atoms with E-state index in [1.807, 2.05) is 0 Å². The number of nitrogens with zero attached hydrogens (tertiary/aromatic N) is 2. The Hall–Kier alpha value is -1.77. The fourth-order valence-electron chi connectivity index (χ4n) is 1.03. The molecule has 1 aromatic rings. The van der Waals surface area contributed by atoms with Crippen molar-refractivity contribution in [1.29, 1.82) is 5.26 Å². The summed E-state index contributed by atoms with van der Waals surface area (Å²) >= 11 is 0. The third-order valence-corrected chi connectivity index (χ3v) is 1.68. The van der Waals surface area contributed by atoms with E-state index in [0.29, 0.717) is 0 Å². The molecule has 1 rings (SSSR count). The minimum Gasteiger partial charge on any atom is -0.481 e. The molecule has 1 aromatic heterocycles. The minimum absolute atomic E-state index is 0.0471. The molecule has 0 aliphatic rings. The third-order valence-electron chi connectivity index (χ3n) is 1.68. The Morgan fingerprint density at radius 2 is 2.13 bits per heavy atom. The normalized spacial score (nSPS) is 10.9. The monoisotopic (exact) mass is 216 g/mol. The summed E-state index contributed by atoms with van der Waals surface area (Å²) in [4.78, 5) is 3.58. The number of ether oxygens (including phenoxy) is 1. The van der Waals surface area contributed by atoms with E-state index in [2.05, 4.69) is 9.72 Å². The molecule has 0 N–H and O–H groups in total. The molecular formula is C9H7F3N2O. The van der Waals surface area contributed by atoms with Gasteiger partial charge in [-0.15, -0.1) is 0 Å². The summed E-state index contributed by atoms with van der Waals surface area (Å²) < 4.78 is 41.6. The van der Waals surface area contributed by atoms with Crippen molar-refractivity contribution in [1.82, 2.24) is 4.98 Å². The Labute approximate surface area is 84.1 Å². The van der Waals surface area contributed by atoms with Crippen molar-refractivity contribution in [3.63, 3.8) is 0 Å². The molecule has 1 heterocycles. The van der Waals surface area contributed by atoms with Gasteiger partial charge in [-0.3, -0.25) is 0 Å². The highest BCUT2D eigenvalue weighted by molar-refractivity contribution is 5.31. The molecule has 0 radical (unpaired) electrons. The van der Waals surface area contributed by atoms with E-state index < -0.39 is 17.6 Å². The van der Waals surface area contributed by atoms with Gasteiger partial charge in [0.2, 0.25) is 5.88 Å². The quantitative estimate of drug-likeness (QED) is 0.761. The molecule has 0 saturated heterocycles. The molecule has 0 aromatic carbocycles. The number of rotatable bonds is 2. The van der Waals surface area contributed by atoms with Gasteiger partial charge in [0.25, 0.3) is 0 Å². The predicted octanol–water partition coefficient (Wildman–Crippen LogP) is 2.18. The number of pyridine rings is 1. The molecular weight excluding hydrogens is 209 g/mol. The van der Waals surface area contributed by atoms with Gasteiger partial charge in [-0.05, 0) is 12.1 Å². The predicted molar refractivity (Wildman–Crippen MR) is 45.1 cm³/mol. The Morgan fingerprint density at radius 3 is 2.60 bits per heavy atom. The lowest BCUT2D eigenvalue weighted by atomic mass is 10.2. The summed E-state index contributed by atoms with van der Waals surface area (Å²) in [5, 5.41) is 8.36. The van der Waals surface area contributed by atoms with Crippen LogP contribution in [0.5, 0.6) is 5.88 Å². The Morgan fingerprint density at radius 1 is 1.47 bits per heavy atom. The van der Waals surface area contributed by atoms with Crippen LogP contribution >= 0.6 is 0 Å². The first-order valence-corrected chi connectivity index (χ1v) is 3.97. The van der Waals surface area contributed by atoms with E-state index in [1.54, 1.807) is 6.07 Å². The van der Waals surface area contributed by atoms with Crippen molar-refractivity contribution in [2.45, 2.75) is 12.6 Å². The molecule has 0 amide bonds. The first-order chi connectivity index (χ1) is 6.99. The van der Waals surface area contributed by atoms with E-state index in [1.165, 1.54) is 0 Å². The third kappa shape index (κ3) is 2.59. The smallest absolute Gasteiger partial charge is 0.421 e. The molecule has 0 bridgehead atoms. The van der Waals surface area contributed by atoms with Gasteiger partial charge in [0, 0.05) is 0 Å². The number of alkyl halides is 3. The van der Waals surface area contributed by atoms with E-state index in [4.69, 9.17) is 5.26 Å². The van der Waals surface area contributed by atoms with E-state index in [-0.39, 0.29) is 12.1 Å². The molecule has 15 heavy (non-hydrogen) atoms. The minimum atomic E-state index is -4.50. The lowest BCUT2D eigenvalue weighted by Gasteiger charge is -2.10. The second kappa shape index (κ2) is 4.17. The summed E-state index contributed by atoms with van der Waals surface area (Å²) in [6, 6.07) is 3.82. The Kier molecular flexibility index (Phi) is 3.14. The average Bonchev–Trinajstić information content (AvgIpc) is 2.16. The number of methoxy groups -OCH3 is 1. The number of hydrogen-bond donors (Lipinski definition) is 0. The van der Waals surface area contributed by atoms with Crippen molar-refractivity contribution in [3.05, 3.63) is 23.4 Å². The molecule has 6 heteroatoms. The first-order valence-electron chi connectivity index (χ1n) is 3.97. The maximum Gasteiger partial charge on any atom is 0.421 e. The summed E-state index contributed by atoms with van der Waals surface area (Å²) in [6.45, 7) is 0. The van der Waals surface area contributed by atoms with Crippen molar-refractivity contribution in [2.24, 2.45) is 0 Å². The summed E-state index contributed by atoms with van der Waals surface area (Å²) in [5.41, 5.74) is -0.686. The zero-order chi connectivity index (χ0) is 11.5. The maximum atomic E-state index is 12.4. The highest BCUT2D eigenvalue weighted by Gasteiger charge is 2.35. The van der Waals surface area contributed by atoms with Gasteiger partial charge in [-0.25, -0.2) is 4.98 Å². The Bertz CT molecular complexity index is 395. The maximum absolute atomic E-state index is 12.4. The topological polar surface area (TPSA) is 45.9 Å². The molecule has 0 aliphatic carbocycles. The van der Waals surface area contributed by atoms with Gasteiger partial charge in [0.1, 0.15) is 5.56 Å². The SMILES string of the molecule is COc1nc(CC#N)ccc1C(F)(F)F. The molecule has 0 aliphatic heterocycles. The molecule has 3 nitrogen and oxygen atoms in total. The van der Waals surface area contributed by atoms with Crippen LogP contribution in [0.25, 0.3) is 0 Å². The van der Waals surface area contributed by atoms with Gasteiger partial charge in [0.15, 0.2) is 0 Å².